The number of hydrogen-bond donors (Lipinski definition) is 0. The predicted molar refractivity (Wildman–Crippen MR) is 75.6 cm³/mol. The SMILES string of the molecule is CCC(=O)c1ccc(N2CC=C(COC)CC2)cn1. The number of Topliss-reactive ketones (excluding diaryl/α,β-unsaturated/α-hetero) is 1. The van der Waals surface area contributed by atoms with Gasteiger partial charge in [-0.25, -0.2) is 0 Å². The number of ether oxygens (including phenoxy) is 1. The van der Waals surface area contributed by atoms with Crippen LogP contribution in [0.2, 0.25) is 0 Å². The van der Waals surface area contributed by atoms with Crippen LogP contribution in [0.3, 0.4) is 0 Å². The Bertz CT molecular complexity index is 466. The van der Waals surface area contributed by atoms with E-state index in [0.29, 0.717) is 12.1 Å². The Morgan fingerprint density at radius 3 is 2.84 bits per heavy atom. The standard InChI is InChI=1S/C15H20N2O2/c1-3-15(18)14-5-4-13(10-16-14)17-8-6-12(7-9-17)11-19-2/h4-6,10H,3,7-9,11H2,1-2H3. The average Bonchev–Trinajstić information content (AvgIpc) is 2.48. The molecule has 0 saturated heterocycles. The second kappa shape index (κ2) is 6.48. The van der Waals surface area contributed by atoms with E-state index in [4.69, 9.17) is 4.74 Å². The van der Waals surface area contributed by atoms with E-state index in [1.165, 1.54) is 5.57 Å². The van der Waals surface area contributed by atoms with Gasteiger partial charge in [0.25, 0.3) is 0 Å². The molecule has 0 spiro atoms. The van der Waals surface area contributed by atoms with Crippen molar-refractivity contribution >= 4 is 11.5 Å². The number of hydrogen-bond acceptors (Lipinski definition) is 4. The van der Waals surface area contributed by atoms with E-state index in [1.807, 2.05) is 19.1 Å². The summed E-state index contributed by atoms with van der Waals surface area (Å²) in [7, 11) is 1.72. The largest absolute Gasteiger partial charge is 0.380 e. The molecule has 1 aromatic rings. The fraction of sp³-hybridized carbons (Fsp3) is 0.467. The highest BCUT2D eigenvalue weighted by atomic mass is 16.5. The Kier molecular flexibility index (Phi) is 4.68. The molecule has 19 heavy (non-hydrogen) atoms. The number of carbonyl (C=O) groups is 1. The third-order valence-electron chi connectivity index (χ3n) is 3.35. The number of nitrogens with zero attached hydrogens (tertiary/aromatic N) is 2. The molecular formula is C15H20N2O2. The Hall–Kier alpha value is -1.68. The van der Waals surface area contributed by atoms with E-state index in [9.17, 15) is 4.79 Å². The second-order valence-corrected chi connectivity index (χ2v) is 4.67. The maximum atomic E-state index is 11.5. The predicted octanol–water partition coefficient (Wildman–Crippen LogP) is 2.46. The highest BCUT2D eigenvalue weighted by Crippen LogP contribution is 2.19. The topological polar surface area (TPSA) is 42.4 Å². The van der Waals surface area contributed by atoms with Crippen LogP contribution in [-0.4, -0.2) is 37.6 Å². The van der Waals surface area contributed by atoms with Crippen LogP contribution in [0.15, 0.2) is 30.0 Å². The molecular weight excluding hydrogens is 240 g/mol. The molecule has 1 aliphatic rings. The summed E-state index contributed by atoms with van der Waals surface area (Å²) in [6, 6.07) is 3.79. The zero-order valence-corrected chi connectivity index (χ0v) is 11.6. The van der Waals surface area contributed by atoms with Crippen molar-refractivity contribution in [3.63, 3.8) is 0 Å². The second-order valence-electron chi connectivity index (χ2n) is 4.67. The molecule has 0 bridgehead atoms. The number of methoxy groups -OCH3 is 1. The zero-order chi connectivity index (χ0) is 13.7. The van der Waals surface area contributed by atoms with Crippen LogP contribution in [0.1, 0.15) is 30.3 Å². The van der Waals surface area contributed by atoms with E-state index in [0.717, 1.165) is 31.8 Å². The van der Waals surface area contributed by atoms with Crippen molar-refractivity contribution in [2.45, 2.75) is 19.8 Å². The fourth-order valence-corrected chi connectivity index (χ4v) is 2.18. The molecule has 0 amide bonds. The molecule has 0 radical (unpaired) electrons. The molecule has 1 aromatic heterocycles. The van der Waals surface area contributed by atoms with Crippen molar-refractivity contribution in [1.29, 1.82) is 0 Å². The quantitative estimate of drug-likeness (QED) is 0.602. The van der Waals surface area contributed by atoms with Gasteiger partial charge >= 0.3 is 0 Å². The third-order valence-corrected chi connectivity index (χ3v) is 3.35. The summed E-state index contributed by atoms with van der Waals surface area (Å²) < 4.78 is 5.14. The van der Waals surface area contributed by atoms with Crippen LogP contribution in [0.5, 0.6) is 0 Å². The van der Waals surface area contributed by atoms with Crippen LogP contribution in [0.4, 0.5) is 5.69 Å². The summed E-state index contributed by atoms with van der Waals surface area (Å²) in [5.41, 5.74) is 2.98. The first kappa shape index (κ1) is 13.7. The number of aromatic nitrogens is 1. The summed E-state index contributed by atoms with van der Waals surface area (Å²) in [5, 5.41) is 0. The zero-order valence-electron chi connectivity index (χ0n) is 11.6. The lowest BCUT2D eigenvalue weighted by molar-refractivity contribution is 0.0983. The number of rotatable bonds is 5. The van der Waals surface area contributed by atoms with Gasteiger partial charge in [-0.15, -0.1) is 0 Å². The van der Waals surface area contributed by atoms with Gasteiger partial charge in [0, 0.05) is 26.6 Å². The number of carbonyl (C=O) groups excluding carboxylic acids is 1. The molecule has 0 saturated carbocycles. The molecule has 0 aromatic carbocycles. The smallest absolute Gasteiger partial charge is 0.180 e. The summed E-state index contributed by atoms with van der Waals surface area (Å²) in [4.78, 5) is 18.0. The number of anilines is 1. The summed E-state index contributed by atoms with van der Waals surface area (Å²) in [6.07, 6.45) is 5.51. The van der Waals surface area contributed by atoms with Crippen molar-refractivity contribution in [2.24, 2.45) is 0 Å². The minimum absolute atomic E-state index is 0.0903. The average molecular weight is 260 g/mol. The van der Waals surface area contributed by atoms with Crippen LogP contribution >= 0.6 is 0 Å². The van der Waals surface area contributed by atoms with Gasteiger partial charge in [-0.05, 0) is 24.1 Å². The normalized spacial score (nSPS) is 15.3. The maximum Gasteiger partial charge on any atom is 0.180 e. The first-order valence-electron chi connectivity index (χ1n) is 6.65. The number of ketones is 1. The minimum Gasteiger partial charge on any atom is -0.380 e. The molecule has 2 heterocycles. The van der Waals surface area contributed by atoms with Crippen LogP contribution in [0.25, 0.3) is 0 Å². The van der Waals surface area contributed by atoms with E-state index >= 15 is 0 Å². The van der Waals surface area contributed by atoms with E-state index in [1.54, 1.807) is 13.3 Å². The highest BCUT2D eigenvalue weighted by molar-refractivity contribution is 5.94. The molecule has 4 nitrogen and oxygen atoms in total. The molecule has 102 valence electrons. The Morgan fingerprint density at radius 1 is 1.47 bits per heavy atom. The molecule has 0 atom stereocenters. The van der Waals surface area contributed by atoms with Crippen molar-refractivity contribution in [2.75, 3.05) is 31.7 Å². The van der Waals surface area contributed by atoms with Gasteiger partial charge in [0.1, 0.15) is 5.69 Å². The highest BCUT2D eigenvalue weighted by Gasteiger charge is 2.13. The molecule has 0 N–H and O–H groups in total. The summed E-state index contributed by atoms with van der Waals surface area (Å²) >= 11 is 0. The lowest BCUT2D eigenvalue weighted by Crippen LogP contribution is -2.29. The first-order valence-corrected chi connectivity index (χ1v) is 6.65. The Morgan fingerprint density at radius 2 is 2.32 bits per heavy atom. The van der Waals surface area contributed by atoms with Crippen molar-refractivity contribution in [3.05, 3.63) is 35.7 Å². The van der Waals surface area contributed by atoms with Gasteiger partial charge in [-0.2, -0.15) is 0 Å². The van der Waals surface area contributed by atoms with Crippen molar-refractivity contribution in [1.82, 2.24) is 4.98 Å². The van der Waals surface area contributed by atoms with E-state index in [-0.39, 0.29) is 5.78 Å². The molecule has 2 rings (SSSR count). The van der Waals surface area contributed by atoms with Gasteiger partial charge in [0.05, 0.1) is 18.5 Å². The molecule has 0 aliphatic carbocycles. The Balaban J connectivity index is 2.02. The van der Waals surface area contributed by atoms with E-state index in [2.05, 4.69) is 16.0 Å². The first-order chi connectivity index (χ1) is 9.24. The van der Waals surface area contributed by atoms with Gasteiger partial charge in [-0.1, -0.05) is 13.0 Å². The number of pyridine rings is 1. The summed E-state index contributed by atoms with van der Waals surface area (Å²) in [6.45, 7) is 4.42. The lowest BCUT2D eigenvalue weighted by Gasteiger charge is -2.28. The molecule has 0 fully saturated rings. The van der Waals surface area contributed by atoms with Crippen molar-refractivity contribution in [3.8, 4) is 0 Å². The van der Waals surface area contributed by atoms with E-state index < -0.39 is 0 Å². The van der Waals surface area contributed by atoms with Gasteiger partial charge in [-0.3, -0.25) is 9.78 Å². The van der Waals surface area contributed by atoms with Crippen LogP contribution in [0, 0.1) is 0 Å². The van der Waals surface area contributed by atoms with Crippen molar-refractivity contribution < 1.29 is 9.53 Å². The van der Waals surface area contributed by atoms with Gasteiger partial charge in [0.2, 0.25) is 0 Å². The van der Waals surface area contributed by atoms with Crippen LogP contribution in [-0.2, 0) is 4.74 Å². The van der Waals surface area contributed by atoms with Gasteiger partial charge in [0.15, 0.2) is 5.78 Å². The lowest BCUT2D eigenvalue weighted by atomic mass is 10.1. The molecule has 4 heteroatoms. The third kappa shape index (κ3) is 3.41. The Labute approximate surface area is 114 Å². The molecule has 0 unspecified atom stereocenters. The monoisotopic (exact) mass is 260 g/mol. The minimum atomic E-state index is 0.0903. The maximum absolute atomic E-state index is 11.5. The summed E-state index contributed by atoms with van der Waals surface area (Å²) in [5.74, 6) is 0.0903. The molecule has 1 aliphatic heterocycles. The van der Waals surface area contributed by atoms with Crippen LogP contribution < -0.4 is 4.90 Å². The fourth-order valence-electron chi connectivity index (χ4n) is 2.18. The van der Waals surface area contributed by atoms with Gasteiger partial charge < -0.3 is 9.64 Å².